The fourth-order valence-electron chi connectivity index (χ4n) is 4.06. The van der Waals surface area contributed by atoms with Gasteiger partial charge in [0.25, 0.3) is 0 Å². The van der Waals surface area contributed by atoms with Crippen LogP contribution in [0.5, 0.6) is 0 Å². The Kier molecular flexibility index (Phi) is 5.46. The molecular formula is C21H26FN3O. The standard InChI is InChI=1S/C21H26FN3O/c22-18-1-3-20(4-2-18)25-11-7-19(8-12-25)24-21-15-26-14-17(21)13-16-5-9-23-10-6-16/h1-6,9-10,17,19,21,24H,7-8,11-15H2/t17-,21-/m1/s1. The number of nitrogens with one attached hydrogen (secondary N) is 1. The molecule has 138 valence electrons. The van der Waals surface area contributed by atoms with Gasteiger partial charge in [-0.1, -0.05) is 0 Å². The average molecular weight is 355 g/mol. The summed E-state index contributed by atoms with van der Waals surface area (Å²) in [6.07, 6.45) is 6.97. The third-order valence-corrected chi connectivity index (χ3v) is 5.58. The van der Waals surface area contributed by atoms with Gasteiger partial charge in [0.1, 0.15) is 5.82 Å². The topological polar surface area (TPSA) is 37.4 Å². The van der Waals surface area contributed by atoms with Crippen LogP contribution in [0.3, 0.4) is 0 Å². The number of piperidine rings is 1. The van der Waals surface area contributed by atoms with Crippen molar-refractivity contribution in [2.75, 3.05) is 31.2 Å². The number of anilines is 1. The molecule has 1 aromatic heterocycles. The summed E-state index contributed by atoms with van der Waals surface area (Å²) in [5.74, 6) is 0.347. The van der Waals surface area contributed by atoms with E-state index in [2.05, 4.69) is 27.3 Å². The summed E-state index contributed by atoms with van der Waals surface area (Å²) >= 11 is 0. The molecule has 4 rings (SSSR count). The van der Waals surface area contributed by atoms with Crippen molar-refractivity contribution < 1.29 is 9.13 Å². The zero-order valence-electron chi connectivity index (χ0n) is 15.0. The molecule has 1 aromatic carbocycles. The molecule has 0 bridgehead atoms. The van der Waals surface area contributed by atoms with E-state index in [-0.39, 0.29) is 5.82 Å². The number of benzene rings is 1. The Balaban J connectivity index is 1.29. The molecule has 2 aliphatic heterocycles. The third-order valence-electron chi connectivity index (χ3n) is 5.58. The predicted molar refractivity (Wildman–Crippen MR) is 101 cm³/mol. The first-order valence-electron chi connectivity index (χ1n) is 9.51. The maximum absolute atomic E-state index is 13.1. The quantitative estimate of drug-likeness (QED) is 0.895. The minimum atomic E-state index is -0.174. The van der Waals surface area contributed by atoms with Crippen molar-refractivity contribution in [2.45, 2.75) is 31.3 Å². The number of rotatable bonds is 5. The lowest BCUT2D eigenvalue weighted by Crippen LogP contribution is -2.48. The Morgan fingerprint density at radius 1 is 1.04 bits per heavy atom. The van der Waals surface area contributed by atoms with Gasteiger partial charge in [0, 0.05) is 49.2 Å². The van der Waals surface area contributed by atoms with E-state index in [1.54, 1.807) is 12.1 Å². The van der Waals surface area contributed by atoms with Crippen molar-refractivity contribution in [1.29, 1.82) is 0 Å². The van der Waals surface area contributed by atoms with Crippen LogP contribution in [0.25, 0.3) is 0 Å². The fraction of sp³-hybridized carbons (Fsp3) is 0.476. The first-order valence-corrected chi connectivity index (χ1v) is 9.51. The van der Waals surface area contributed by atoms with Crippen LogP contribution >= 0.6 is 0 Å². The van der Waals surface area contributed by atoms with Gasteiger partial charge in [0.15, 0.2) is 0 Å². The zero-order chi connectivity index (χ0) is 17.8. The van der Waals surface area contributed by atoms with Gasteiger partial charge in [-0.05, 0) is 61.2 Å². The number of halogens is 1. The van der Waals surface area contributed by atoms with Gasteiger partial charge in [0.05, 0.1) is 13.2 Å². The van der Waals surface area contributed by atoms with E-state index in [4.69, 9.17) is 4.74 Å². The molecular weight excluding hydrogens is 329 g/mol. The molecule has 2 aliphatic rings. The minimum absolute atomic E-state index is 0.174. The first-order chi connectivity index (χ1) is 12.8. The van der Waals surface area contributed by atoms with Gasteiger partial charge in [-0.3, -0.25) is 4.98 Å². The molecule has 2 fully saturated rings. The first kappa shape index (κ1) is 17.4. The van der Waals surface area contributed by atoms with Crippen LogP contribution in [0.2, 0.25) is 0 Å². The molecule has 2 aromatic rings. The Labute approximate surface area is 154 Å². The Morgan fingerprint density at radius 2 is 1.77 bits per heavy atom. The normalized spacial score (nSPS) is 24.1. The molecule has 0 spiro atoms. The molecule has 5 heteroatoms. The van der Waals surface area contributed by atoms with Crippen molar-refractivity contribution >= 4 is 5.69 Å². The van der Waals surface area contributed by atoms with Crippen molar-refractivity contribution in [1.82, 2.24) is 10.3 Å². The van der Waals surface area contributed by atoms with E-state index in [9.17, 15) is 4.39 Å². The Morgan fingerprint density at radius 3 is 2.50 bits per heavy atom. The second-order valence-corrected chi connectivity index (χ2v) is 7.37. The highest BCUT2D eigenvalue weighted by Gasteiger charge is 2.31. The minimum Gasteiger partial charge on any atom is -0.379 e. The van der Waals surface area contributed by atoms with Gasteiger partial charge in [-0.15, -0.1) is 0 Å². The lowest BCUT2D eigenvalue weighted by Gasteiger charge is -2.36. The van der Waals surface area contributed by atoms with Crippen molar-refractivity contribution in [3.63, 3.8) is 0 Å². The van der Waals surface area contributed by atoms with E-state index in [1.807, 2.05) is 24.5 Å². The van der Waals surface area contributed by atoms with Crippen LogP contribution in [0.15, 0.2) is 48.8 Å². The van der Waals surface area contributed by atoms with Crippen LogP contribution in [-0.4, -0.2) is 43.4 Å². The molecule has 2 saturated heterocycles. The SMILES string of the molecule is Fc1ccc(N2CCC(N[C@@H]3COC[C@H]3Cc3ccncc3)CC2)cc1. The lowest BCUT2D eigenvalue weighted by molar-refractivity contribution is 0.181. The highest BCUT2D eigenvalue weighted by Crippen LogP contribution is 2.23. The Hall–Kier alpha value is -1.98. The summed E-state index contributed by atoms with van der Waals surface area (Å²) in [7, 11) is 0. The van der Waals surface area contributed by atoms with E-state index < -0.39 is 0 Å². The molecule has 0 saturated carbocycles. The number of hydrogen-bond acceptors (Lipinski definition) is 4. The Bertz CT molecular complexity index is 686. The lowest BCUT2D eigenvalue weighted by atomic mass is 9.93. The van der Waals surface area contributed by atoms with Crippen LogP contribution in [0.1, 0.15) is 18.4 Å². The second-order valence-electron chi connectivity index (χ2n) is 7.37. The summed E-state index contributed by atoms with van der Waals surface area (Å²) in [6.45, 7) is 3.64. The van der Waals surface area contributed by atoms with Crippen LogP contribution in [0, 0.1) is 11.7 Å². The summed E-state index contributed by atoms with van der Waals surface area (Å²) < 4.78 is 18.9. The van der Waals surface area contributed by atoms with Crippen molar-refractivity contribution in [2.24, 2.45) is 5.92 Å². The molecule has 0 radical (unpaired) electrons. The van der Waals surface area contributed by atoms with Crippen LogP contribution in [-0.2, 0) is 11.2 Å². The maximum atomic E-state index is 13.1. The van der Waals surface area contributed by atoms with E-state index in [0.29, 0.717) is 18.0 Å². The molecule has 3 heterocycles. The van der Waals surface area contributed by atoms with Crippen LogP contribution in [0.4, 0.5) is 10.1 Å². The van der Waals surface area contributed by atoms with Gasteiger partial charge in [-0.25, -0.2) is 4.39 Å². The van der Waals surface area contributed by atoms with Crippen molar-refractivity contribution in [3.05, 3.63) is 60.2 Å². The van der Waals surface area contributed by atoms with E-state index >= 15 is 0 Å². The van der Waals surface area contributed by atoms with Gasteiger partial charge in [0.2, 0.25) is 0 Å². The summed E-state index contributed by atoms with van der Waals surface area (Å²) in [4.78, 5) is 6.44. The van der Waals surface area contributed by atoms with Crippen LogP contribution < -0.4 is 10.2 Å². The van der Waals surface area contributed by atoms with Gasteiger partial charge >= 0.3 is 0 Å². The molecule has 26 heavy (non-hydrogen) atoms. The monoisotopic (exact) mass is 355 g/mol. The van der Waals surface area contributed by atoms with Gasteiger partial charge < -0.3 is 15.0 Å². The fourth-order valence-corrected chi connectivity index (χ4v) is 4.06. The molecule has 2 atom stereocenters. The van der Waals surface area contributed by atoms with Gasteiger partial charge in [-0.2, -0.15) is 0 Å². The average Bonchev–Trinajstić information content (AvgIpc) is 3.11. The summed E-state index contributed by atoms with van der Waals surface area (Å²) in [5, 5.41) is 3.84. The molecule has 0 aliphatic carbocycles. The summed E-state index contributed by atoms with van der Waals surface area (Å²) in [6, 6.07) is 12.0. The van der Waals surface area contributed by atoms with Crippen molar-refractivity contribution in [3.8, 4) is 0 Å². The second kappa shape index (κ2) is 8.14. The highest BCUT2D eigenvalue weighted by molar-refractivity contribution is 5.46. The molecule has 0 unspecified atom stereocenters. The smallest absolute Gasteiger partial charge is 0.123 e. The number of nitrogens with zero attached hydrogens (tertiary/aromatic N) is 2. The molecule has 0 amide bonds. The highest BCUT2D eigenvalue weighted by atomic mass is 19.1. The number of pyridine rings is 1. The number of aromatic nitrogens is 1. The molecule has 4 nitrogen and oxygen atoms in total. The van der Waals surface area contributed by atoms with E-state index in [1.165, 1.54) is 5.56 Å². The van der Waals surface area contributed by atoms with E-state index in [0.717, 1.165) is 51.3 Å². The zero-order valence-corrected chi connectivity index (χ0v) is 15.0. The predicted octanol–water partition coefficient (Wildman–Crippen LogP) is 3.04. The number of hydrogen-bond donors (Lipinski definition) is 1. The third kappa shape index (κ3) is 4.22. The molecule has 1 N–H and O–H groups in total. The summed E-state index contributed by atoms with van der Waals surface area (Å²) in [5.41, 5.74) is 2.44. The largest absolute Gasteiger partial charge is 0.379 e. The number of ether oxygens (including phenoxy) is 1. The maximum Gasteiger partial charge on any atom is 0.123 e.